The first-order valence-electron chi connectivity index (χ1n) is 9.45. The van der Waals surface area contributed by atoms with Crippen LogP contribution in [0.4, 0.5) is 9.18 Å². The topological polar surface area (TPSA) is 91.4 Å². The lowest BCUT2D eigenvalue weighted by molar-refractivity contribution is -0.119. The van der Waals surface area contributed by atoms with Gasteiger partial charge in [0.15, 0.2) is 0 Å². The molecule has 3 aromatic rings. The molecule has 1 saturated heterocycles. The molecule has 5 rings (SSSR count). The Morgan fingerprint density at radius 3 is 2.48 bits per heavy atom. The summed E-state index contributed by atoms with van der Waals surface area (Å²) in [6.07, 6.45) is 1.81. The number of hydrogen-bond acceptors (Lipinski definition) is 5. The minimum Gasteiger partial charge on any atom is -0.337 e. The molecule has 0 radical (unpaired) electrons. The minimum absolute atomic E-state index is 0.0931. The van der Waals surface area contributed by atoms with Gasteiger partial charge in [0.1, 0.15) is 11.9 Å². The second-order valence-electron chi connectivity index (χ2n) is 6.84. The quantitative estimate of drug-likeness (QED) is 0.567. The minimum atomic E-state index is -0.400. The first-order chi connectivity index (χ1) is 14.8. The molecule has 0 aliphatic carbocycles. The Labute approximate surface area is 182 Å². The van der Waals surface area contributed by atoms with Crippen molar-refractivity contribution in [3.05, 3.63) is 77.1 Å². The lowest BCUT2D eigenvalue weighted by Gasteiger charge is -2.04. The van der Waals surface area contributed by atoms with E-state index in [1.807, 2.05) is 30.5 Å². The summed E-state index contributed by atoms with van der Waals surface area (Å²) in [4.78, 5) is 39.0. The smallest absolute Gasteiger partial charge is 0.322 e. The summed E-state index contributed by atoms with van der Waals surface area (Å²) in [6, 6.07) is 13.6. The second kappa shape index (κ2) is 9.94. The lowest BCUT2D eigenvalue weighted by Crippen LogP contribution is -2.24. The molecule has 2 N–H and O–H groups in total. The summed E-state index contributed by atoms with van der Waals surface area (Å²) in [5, 5.41) is 6.50. The number of thiophene rings is 1. The Morgan fingerprint density at radius 1 is 1.13 bits per heavy atom. The van der Waals surface area contributed by atoms with Crippen molar-refractivity contribution in [3.63, 3.8) is 0 Å². The Kier molecular flexibility index (Phi) is 7.09. The number of halogens is 1. The van der Waals surface area contributed by atoms with Crippen LogP contribution in [0.25, 0.3) is 10.6 Å². The molecule has 4 heterocycles. The van der Waals surface area contributed by atoms with Crippen LogP contribution in [-0.4, -0.2) is 40.8 Å². The number of carbonyl (C=O) groups is 3. The fourth-order valence-corrected chi connectivity index (χ4v) is 3.57. The molecule has 0 spiro atoms. The van der Waals surface area contributed by atoms with Gasteiger partial charge in [0.2, 0.25) is 5.91 Å². The second-order valence-corrected chi connectivity index (χ2v) is 7.79. The predicted molar refractivity (Wildman–Crippen MR) is 116 cm³/mol. The van der Waals surface area contributed by atoms with Crippen LogP contribution < -0.4 is 10.6 Å². The van der Waals surface area contributed by atoms with E-state index in [4.69, 9.17) is 0 Å². The van der Waals surface area contributed by atoms with Crippen LogP contribution in [0, 0.1) is 5.82 Å². The summed E-state index contributed by atoms with van der Waals surface area (Å²) in [5.74, 6) is -0.697. The van der Waals surface area contributed by atoms with E-state index < -0.39 is 6.03 Å². The van der Waals surface area contributed by atoms with Crippen molar-refractivity contribution in [2.24, 2.45) is 0 Å². The summed E-state index contributed by atoms with van der Waals surface area (Å²) in [6.45, 7) is 2.22. The van der Waals surface area contributed by atoms with E-state index in [-0.39, 0.29) is 23.7 Å². The fourth-order valence-electron chi connectivity index (χ4n) is 2.87. The highest BCUT2D eigenvalue weighted by Crippen LogP contribution is 2.22. The van der Waals surface area contributed by atoms with E-state index in [9.17, 15) is 18.8 Å². The Bertz CT molecular complexity index is 1070. The molecular weight excluding hydrogens is 419 g/mol. The molecule has 2 aliphatic heterocycles. The largest absolute Gasteiger partial charge is 0.337 e. The maximum atomic E-state index is 12.7. The third kappa shape index (κ3) is 5.73. The van der Waals surface area contributed by atoms with Crippen LogP contribution in [0.15, 0.2) is 60.1 Å². The van der Waals surface area contributed by atoms with E-state index in [0.717, 1.165) is 11.3 Å². The van der Waals surface area contributed by atoms with Crippen LogP contribution in [-0.2, 0) is 11.3 Å². The molecule has 31 heavy (non-hydrogen) atoms. The number of fused-ring (bicyclic) bond motifs is 1. The van der Waals surface area contributed by atoms with E-state index in [0.29, 0.717) is 12.1 Å². The van der Waals surface area contributed by atoms with Gasteiger partial charge in [0, 0.05) is 25.4 Å². The van der Waals surface area contributed by atoms with Gasteiger partial charge in [0.05, 0.1) is 10.6 Å². The number of nitrogens with zero attached hydrogens (tertiary/aromatic N) is 2. The molecule has 2 aromatic heterocycles. The maximum Gasteiger partial charge on any atom is 0.322 e. The molecule has 1 unspecified atom stereocenters. The molecule has 1 fully saturated rings. The normalized spacial score (nSPS) is 16.4. The van der Waals surface area contributed by atoms with Crippen molar-refractivity contribution in [1.82, 2.24) is 20.5 Å². The average molecular weight is 441 g/mol. The number of urea groups is 1. The van der Waals surface area contributed by atoms with Crippen molar-refractivity contribution in [1.29, 1.82) is 0 Å². The lowest BCUT2D eigenvalue weighted by atomic mass is 10.1. The zero-order valence-corrected chi connectivity index (χ0v) is 17.8. The molecule has 7 nitrogen and oxygen atoms in total. The number of aromatic nitrogens is 1. The van der Waals surface area contributed by atoms with Gasteiger partial charge in [0.25, 0.3) is 5.91 Å². The molecule has 9 heteroatoms. The van der Waals surface area contributed by atoms with Crippen LogP contribution in [0.2, 0.25) is 0 Å². The standard InChI is InChI=1S/C9H8FNO.C9H7NS.C4H6N2O2/c1-11-5-6-2-3-7(10)4-8(6)9(11)12;1-2-6-10-8(4-1)9-5-3-7-11-9;1-2-3(7)6-4(8)5-2/h2-4H,5H2,1H3;1-7H;2H,1H3,(H2,5,6,7,8). The van der Waals surface area contributed by atoms with E-state index in [1.54, 1.807) is 36.3 Å². The zero-order chi connectivity index (χ0) is 22.4. The molecule has 1 atom stereocenters. The van der Waals surface area contributed by atoms with Gasteiger partial charge >= 0.3 is 6.03 Å². The highest BCUT2D eigenvalue weighted by molar-refractivity contribution is 7.13. The summed E-state index contributed by atoms with van der Waals surface area (Å²) in [7, 11) is 1.71. The van der Waals surface area contributed by atoms with Gasteiger partial charge < -0.3 is 10.2 Å². The number of rotatable bonds is 1. The third-order valence-electron chi connectivity index (χ3n) is 4.47. The Morgan fingerprint density at radius 2 is 1.94 bits per heavy atom. The van der Waals surface area contributed by atoms with Gasteiger partial charge in [-0.05, 0) is 48.2 Å². The van der Waals surface area contributed by atoms with E-state index in [2.05, 4.69) is 27.1 Å². The van der Waals surface area contributed by atoms with Crippen molar-refractivity contribution >= 4 is 29.2 Å². The number of carbonyl (C=O) groups excluding carboxylic acids is 3. The number of nitrogens with one attached hydrogen (secondary N) is 2. The van der Waals surface area contributed by atoms with Gasteiger partial charge in [-0.2, -0.15) is 0 Å². The van der Waals surface area contributed by atoms with Crippen LogP contribution >= 0.6 is 11.3 Å². The van der Waals surface area contributed by atoms with Gasteiger partial charge in [-0.15, -0.1) is 11.3 Å². The number of amides is 4. The van der Waals surface area contributed by atoms with Gasteiger partial charge in [-0.25, -0.2) is 9.18 Å². The molecule has 2 aliphatic rings. The monoisotopic (exact) mass is 440 g/mol. The number of imide groups is 1. The number of hydrogen-bond donors (Lipinski definition) is 2. The van der Waals surface area contributed by atoms with Crippen LogP contribution in [0.5, 0.6) is 0 Å². The molecule has 160 valence electrons. The van der Waals surface area contributed by atoms with Crippen molar-refractivity contribution < 1.29 is 18.8 Å². The van der Waals surface area contributed by atoms with Crippen LogP contribution in [0.3, 0.4) is 0 Å². The van der Waals surface area contributed by atoms with Crippen LogP contribution in [0.1, 0.15) is 22.8 Å². The summed E-state index contributed by atoms with van der Waals surface area (Å²) >= 11 is 1.71. The third-order valence-corrected chi connectivity index (χ3v) is 5.37. The number of pyridine rings is 1. The van der Waals surface area contributed by atoms with Gasteiger partial charge in [-0.1, -0.05) is 18.2 Å². The first kappa shape index (κ1) is 22.1. The van der Waals surface area contributed by atoms with Crippen molar-refractivity contribution in [2.75, 3.05) is 7.05 Å². The maximum absolute atomic E-state index is 12.7. The first-order valence-corrected chi connectivity index (χ1v) is 10.3. The Balaban J connectivity index is 0.000000135. The molecule has 0 saturated carbocycles. The molecule has 1 aromatic carbocycles. The highest BCUT2D eigenvalue weighted by Gasteiger charge is 2.24. The molecule has 4 amide bonds. The predicted octanol–water partition coefficient (Wildman–Crippen LogP) is 3.44. The molecular formula is C22H21FN4O3S. The van der Waals surface area contributed by atoms with E-state index in [1.165, 1.54) is 17.0 Å². The SMILES string of the molecule is CC1NC(=O)NC1=O.CN1Cc2ccc(F)cc2C1=O.c1ccc(-c2cccs2)nc1. The zero-order valence-electron chi connectivity index (χ0n) is 17.0. The van der Waals surface area contributed by atoms with E-state index >= 15 is 0 Å². The highest BCUT2D eigenvalue weighted by atomic mass is 32.1. The summed E-state index contributed by atoms with van der Waals surface area (Å²) in [5.41, 5.74) is 2.46. The Hall–Kier alpha value is -3.59. The molecule has 0 bridgehead atoms. The van der Waals surface area contributed by atoms with Crippen molar-refractivity contribution in [3.8, 4) is 10.6 Å². The van der Waals surface area contributed by atoms with Gasteiger partial charge in [-0.3, -0.25) is 19.9 Å². The average Bonchev–Trinajstić information content (AvgIpc) is 3.46. The van der Waals surface area contributed by atoms with Crippen molar-refractivity contribution in [2.45, 2.75) is 19.5 Å². The summed E-state index contributed by atoms with van der Waals surface area (Å²) < 4.78 is 12.7. The number of benzene rings is 1. The fraction of sp³-hybridized carbons (Fsp3) is 0.182.